The molecule has 0 saturated carbocycles. The molecule has 0 aromatic heterocycles. The van der Waals surface area contributed by atoms with Crippen LogP contribution in [-0.4, -0.2) is 43.3 Å². The minimum absolute atomic E-state index is 0.0997. The van der Waals surface area contributed by atoms with Gasteiger partial charge in [-0.1, -0.05) is 17.7 Å². The third-order valence-corrected chi connectivity index (χ3v) is 4.56. The van der Waals surface area contributed by atoms with Crippen molar-refractivity contribution >= 4 is 17.9 Å². The fraction of sp³-hybridized carbons (Fsp3) is 0.300. The largest absolute Gasteiger partial charge is 0.368 e. The second-order valence-electron chi connectivity index (χ2n) is 6.31. The number of carbonyl (C=O) groups excluding carboxylic acids is 2. The lowest BCUT2D eigenvalue weighted by atomic mass is 10.1. The van der Waals surface area contributed by atoms with Crippen molar-refractivity contribution in [3.8, 4) is 0 Å². The molecule has 124 valence electrons. The van der Waals surface area contributed by atoms with Crippen molar-refractivity contribution in [2.24, 2.45) is 0 Å². The molecule has 1 fully saturated rings. The van der Waals surface area contributed by atoms with E-state index in [0.29, 0.717) is 18.7 Å². The van der Waals surface area contributed by atoms with Crippen LogP contribution in [0.25, 0.3) is 0 Å². The first-order chi connectivity index (χ1) is 11.6. The maximum atomic E-state index is 12.6. The van der Waals surface area contributed by atoms with Crippen LogP contribution in [0, 0.1) is 13.8 Å². The molecule has 0 spiro atoms. The van der Waals surface area contributed by atoms with Gasteiger partial charge in [0.05, 0.1) is 0 Å². The van der Waals surface area contributed by atoms with E-state index in [4.69, 9.17) is 0 Å². The van der Waals surface area contributed by atoms with Gasteiger partial charge >= 0.3 is 0 Å². The summed E-state index contributed by atoms with van der Waals surface area (Å²) in [4.78, 5) is 27.6. The van der Waals surface area contributed by atoms with Crippen LogP contribution >= 0.6 is 0 Å². The van der Waals surface area contributed by atoms with Crippen molar-refractivity contribution in [2.45, 2.75) is 13.8 Å². The van der Waals surface area contributed by atoms with Crippen LogP contribution in [0.2, 0.25) is 0 Å². The zero-order valence-corrected chi connectivity index (χ0v) is 14.2. The molecule has 24 heavy (non-hydrogen) atoms. The van der Waals surface area contributed by atoms with E-state index in [2.05, 4.69) is 4.90 Å². The van der Waals surface area contributed by atoms with Crippen molar-refractivity contribution < 1.29 is 9.59 Å². The minimum atomic E-state index is 0.0997. The molecule has 0 bridgehead atoms. The number of benzene rings is 2. The van der Waals surface area contributed by atoms with Gasteiger partial charge in [-0.05, 0) is 49.7 Å². The number of anilines is 1. The van der Waals surface area contributed by atoms with Gasteiger partial charge in [-0.25, -0.2) is 0 Å². The lowest BCUT2D eigenvalue weighted by Crippen LogP contribution is -2.49. The van der Waals surface area contributed by atoms with Crippen molar-refractivity contribution in [1.29, 1.82) is 0 Å². The molecule has 1 saturated heterocycles. The second kappa shape index (κ2) is 6.87. The molecule has 3 rings (SSSR count). The SMILES string of the molecule is Cc1ccc(C(=O)N2CCN(c3ccc(C=O)cc3C)CC2)cc1. The summed E-state index contributed by atoms with van der Waals surface area (Å²) in [5.74, 6) is 0.0997. The first kappa shape index (κ1) is 16.2. The van der Waals surface area contributed by atoms with Gasteiger partial charge in [0.2, 0.25) is 0 Å². The fourth-order valence-corrected chi connectivity index (χ4v) is 3.14. The highest BCUT2D eigenvalue weighted by Gasteiger charge is 2.22. The third kappa shape index (κ3) is 3.32. The highest BCUT2D eigenvalue weighted by Crippen LogP contribution is 2.22. The van der Waals surface area contributed by atoms with Gasteiger partial charge in [0, 0.05) is 43.0 Å². The normalized spacial score (nSPS) is 14.6. The summed E-state index contributed by atoms with van der Waals surface area (Å²) in [5, 5.41) is 0. The summed E-state index contributed by atoms with van der Waals surface area (Å²) >= 11 is 0. The highest BCUT2D eigenvalue weighted by molar-refractivity contribution is 5.94. The number of hydrogen-bond acceptors (Lipinski definition) is 3. The maximum Gasteiger partial charge on any atom is 0.253 e. The molecular weight excluding hydrogens is 300 g/mol. The van der Waals surface area contributed by atoms with Gasteiger partial charge in [0.15, 0.2) is 0 Å². The molecule has 1 amide bonds. The molecule has 0 atom stereocenters. The summed E-state index contributed by atoms with van der Waals surface area (Å²) in [5.41, 5.74) is 4.84. The van der Waals surface area contributed by atoms with Crippen LogP contribution in [0.4, 0.5) is 5.69 Å². The summed E-state index contributed by atoms with van der Waals surface area (Å²) < 4.78 is 0. The number of amides is 1. The first-order valence-corrected chi connectivity index (χ1v) is 8.25. The van der Waals surface area contributed by atoms with E-state index in [9.17, 15) is 9.59 Å². The Hall–Kier alpha value is -2.62. The Bertz CT molecular complexity index is 745. The van der Waals surface area contributed by atoms with Gasteiger partial charge in [0.25, 0.3) is 5.91 Å². The van der Waals surface area contributed by atoms with Crippen LogP contribution < -0.4 is 4.90 Å². The standard InChI is InChI=1S/C20H22N2O2/c1-15-3-6-18(7-4-15)20(24)22-11-9-21(10-12-22)19-8-5-17(14-23)13-16(19)2/h3-8,13-14H,9-12H2,1-2H3. The lowest BCUT2D eigenvalue weighted by molar-refractivity contribution is 0.0746. The molecule has 1 aliphatic heterocycles. The average molecular weight is 322 g/mol. The fourth-order valence-electron chi connectivity index (χ4n) is 3.14. The number of hydrogen-bond donors (Lipinski definition) is 0. The summed E-state index contributed by atoms with van der Waals surface area (Å²) in [7, 11) is 0. The number of rotatable bonds is 3. The van der Waals surface area contributed by atoms with Gasteiger partial charge in [-0.3, -0.25) is 9.59 Å². The van der Waals surface area contributed by atoms with Crippen LogP contribution in [0.15, 0.2) is 42.5 Å². The zero-order chi connectivity index (χ0) is 17.1. The van der Waals surface area contributed by atoms with E-state index in [1.54, 1.807) is 0 Å². The average Bonchev–Trinajstić information content (AvgIpc) is 2.62. The molecule has 0 N–H and O–H groups in total. The molecule has 1 heterocycles. The predicted octanol–water partition coefficient (Wildman–Crippen LogP) is 3.08. The van der Waals surface area contributed by atoms with Crippen LogP contribution in [0.5, 0.6) is 0 Å². The monoisotopic (exact) mass is 322 g/mol. The Morgan fingerprint density at radius 3 is 2.21 bits per heavy atom. The van der Waals surface area contributed by atoms with Gasteiger partial charge in [-0.2, -0.15) is 0 Å². The smallest absolute Gasteiger partial charge is 0.253 e. The molecule has 0 unspecified atom stereocenters. The first-order valence-electron chi connectivity index (χ1n) is 8.25. The molecule has 2 aromatic carbocycles. The minimum Gasteiger partial charge on any atom is -0.368 e. The van der Waals surface area contributed by atoms with Crippen LogP contribution in [-0.2, 0) is 0 Å². The van der Waals surface area contributed by atoms with E-state index in [1.165, 1.54) is 0 Å². The Morgan fingerprint density at radius 1 is 0.958 bits per heavy atom. The summed E-state index contributed by atoms with van der Waals surface area (Å²) in [6.45, 7) is 7.07. The van der Waals surface area contributed by atoms with Crippen LogP contribution in [0.3, 0.4) is 0 Å². The van der Waals surface area contributed by atoms with Crippen LogP contribution in [0.1, 0.15) is 31.8 Å². The van der Waals surface area contributed by atoms with Gasteiger partial charge in [0.1, 0.15) is 6.29 Å². The van der Waals surface area contributed by atoms with Crippen molar-refractivity contribution in [1.82, 2.24) is 4.90 Å². The number of piperazine rings is 1. The molecular formula is C20H22N2O2. The number of carbonyl (C=O) groups is 2. The number of aldehydes is 1. The third-order valence-electron chi connectivity index (χ3n) is 4.56. The lowest BCUT2D eigenvalue weighted by Gasteiger charge is -2.37. The van der Waals surface area contributed by atoms with Crippen molar-refractivity contribution in [3.05, 3.63) is 64.7 Å². The van der Waals surface area contributed by atoms with E-state index in [0.717, 1.165) is 41.8 Å². The number of aryl methyl sites for hydroxylation is 2. The second-order valence-corrected chi connectivity index (χ2v) is 6.31. The quantitative estimate of drug-likeness (QED) is 0.816. The van der Waals surface area contributed by atoms with Crippen molar-refractivity contribution in [2.75, 3.05) is 31.1 Å². The maximum absolute atomic E-state index is 12.6. The molecule has 2 aromatic rings. The topological polar surface area (TPSA) is 40.6 Å². The van der Waals surface area contributed by atoms with Gasteiger partial charge < -0.3 is 9.80 Å². The highest BCUT2D eigenvalue weighted by atomic mass is 16.2. The van der Waals surface area contributed by atoms with E-state index >= 15 is 0 Å². The molecule has 1 aliphatic rings. The van der Waals surface area contributed by atoms with E-state index < -0.39 is 0 Å². The Labute approximate surface area is 142 Å². The number of nitrogens with zero attached hydrogens (tertiary/aromatic N) is 2. The molecule has 0 aliphatic carbocycles. The van der Waals surface area contributed by atoms with E-state index in [1.807, 2.05) is 61.2 Å². The Balaban J connectivity index is 1.66. The molecule has 4 heteroatoms. The molecule has 0 radical (unpaired) electrons. The zero-order valence-electron chi connectivity index (χ0n) is 14.2. The van der Waals surface area contributed by atoms with E-state index in [-0.39, 0.29) is 5.91 Å². The predicted molar refractivity (Wildman–Crippen MR) is 95.9 cm³/mol. The Morgan fingerprint density at radius 2 is 1.62 bits per heavy atom. The van der Waals surface area contributed by atoms with Crippen molar-refractivity contribution in [3.63, 3.8) is 0 Å². The summed E-state index contributed by atoms with van der Waals surface area (Å²) in [6, 6.07) is 13.5. The molecule has 4 nitrogen and oxygen atoms in total. The summed E-state index contributed by atoms with van der Waals surface area (Å²) in [6.07, 6.45) is 0.870. The van der Waals surface area contributed by atoms with Gasteiger partial charge in [-0.15, -0.1) is 0 Å². The Kier molecular flexibility index (Phi) is 4.65.